The Hall–Kier alpha value is -2.33. The zero-order valence-corrected chi connectivity index (χ0v) is 21.7. The molecule has 0 spiro atoms. The number of rotatable bonds is 5. The number of halogens is 1. The molecule has 1 aliphatic rings. The highest BCUT2D eigenvalue weighted by Crippen LogP contribution is 2.27. The molecule has 2 aromatic carbocycles. The van der Waals surface area contributed by atoms with Gasteiger partial charge in [-0.3, -0.25) is 9.79 Å². The predicted octanol–water partition coefficient (Wildman–Crippen LogP) is 4.04. The van der Waals surface area contributed by atoms with Crippen LogP contribution in [0.1, 0.15) is 35.3 Å². The van der Waals surface area contributed by atoms with Crippen molar-refractivity contribution in [1.82, 2.24) is 10.2 Å². The van der Waals surface area contributed by atoms with Crippen molar-refractivity contribution in [2.24, 2.45) is 4.99 Å². The van der Waals surface area contributed by atoms with E-state index in [1.165, 1.54) is 23.6 Å². The largest absolute Gasteiger partial charge is 0.495 e. The summed E-state index contributed by atoms with van der Waals surface area (Å²) < 4.78 is 11.4. The highest BCUT2D eigenvalue weighted by Gasteiger charge is 2.25. The van der Waals surface area contributed by atoms with Crippen LogP contribution in [0.25, 0.3) is 0 Å². The summed E-state index contributed by atoms with van der Waals surface area (Å²) in [4.78, 5) is 18.2. The summed E-state index contributed by atoms with van der Waals surface area (Å²) in [5, 5.41) is 6.25. The highest BCUT2D eigenvalue weighted by molar-refractivity contribution is 14.0. The fourth-order valence-electron chi connectivity index (χ4n) is 3.88. The van der Waals surface area contributed by atoms with Crippen LogP contribution in [0.4, 0.5) is 5.69 Å². The Kier molecular flexibility index (Phi) is 9.77. The number of nitrogens with zero attached hydrogens (tertiary/aromatic N) is 2. The maximum Gasteiger partial charge on any atom is 0.221 e. The first-order valence-electron chi connectivity index (χ1n) is 10.5. The van der Waals surface area contributed by atoms with E-state index in [1.54, 1.807) is 14.2 Å². The normalized spacial score (nSPS) is 16.2. The standard InChI is InChI=1S/C24H32N4O3.HI/c1-16-6-8-20(17(2)12-16)23-15-28(10-11-31-23)24(25-4)26-14-19-7-9-22(30-5)21(13-19)27-18(3)29;/h6-9,12-13,23H,10-11,14-15H2,1-5H3,(H,25,26)(H,27,29);1H. The molecule has 2 aromatic rings. The first kappa shape index (κ1) is 25.9. The molecule has 0 bridgehead atoms. The third-order valence-electron chi connectivity index (χ3n) is 5.38. The molecule has 1 atom stereocenters. The van der Waals surface area contributed by atoms with Crippen molar-refractivity contribution in [3.05, 3.63) is 58.7 Å². The number of ether oxygens (including phenoxy) is 2. The molecule has 3 rings (SSSR count). The number of hydrogen-bond donors (Lipinski definition) is 2. The van der Waals surface area contributed by atoms with E-state index in [2.05, 4.69) is 52.6 Å². The number of aryl methyl sites for hydroxylation is 2. The molecule has 7 nitrogen and oxygen atoms in total. The van der Waals surface area contributed by atoms with E-state index in [-0.39, 0.29) is 36.0 Å². The van der Waals surface area contributed by atoms with E-state index < -0.39 is 0 Å². The zero-order chi connectivity index (χ0) is 22.4. The number of carbonyl (C=O) groups excluding carboxylic acids is 1. The van der Waals surface area contributed by atoms with Crippen LogP contribution in [0.2, 0.25) is 0 Å². The van der Waals surface area contributed by atoms with Crippen LogP contribution in [-0.4, -0.2) is 50.6 Å². The Labute approximate surface area is 207 Å². The molecule has 1 amide bonds. The fraction of sp³-hybridized carbons (Fsp3) is 0.417. The Bertz CT molecular complexity index is 964. The smallest absolute Gasteiger partial charge is 0.221 e. The monoisotopic (exact) mass is 552 g/mol. The number of amides is 1. The van der Waals surface area contributed by atoms with Gasteiger partial charge in [-0.2, -0.15) is 0 Å². The van der Waals surface area contributed by atoms with Crippen LogP contribution in [0.5, 0.6) is 5.75 Å². The minimum absolute atomic E-state index is 0. The molecule has 0 aliphatic carbocycles. The Morgan fingerprint density at radius 2 is 2.03 bits per heavy atom. The molecule has 1 unspecified atom stereocenters. The van der Waals surface area contributed by atoms with Crippen molar-refractivity contribution in [3.63, 3.8) is 0 Å². The molecule has 1 saturated heterocycles. The number of anilines is 1. The summed E-state index contributed by atoms with van der Waals surface area (Å²) in [6, 6.07) is 12.2. The lowest BCUT2D eigenvalue weighted by Gasteiger charge is -2.36. The molecular formula is C24H33IN4O3. The second-order valence-corrected chi connectivity index (χ2v) is 7.78. The average molecular weight is 552 g/mol. The number of hydrogen-bond acceptors (Lipinski definition) is 4. The number of benzene rings is 2. The van der Waals surface area contributed by atoms with E-state index in [4.69, 9.17) is 9.47 Å². The number of guanidine groups is 1. The van der Waals surface area contributed by atoms with Gasteiger partial charge in [-0.05, 0) is 42.7 Å². The van der Waals surface area contributed by atoms with Gasteiger partial charge >= 0.3 is 0 Å². The molecule has 0 saturated carbocycles. The first-order valence-corrected chi connectivity index (χ1v) is 10.5. The number of methoxy groups -OCH3 is 1. The van der Waals surface area contributed by atoms with Gasteiger partial charge in [0.15, 0.2) is 5.96 Å². The molecule has 0 aromatic heterocycles. The Morgan fingerprint density at radius 1 is 1.25 bits per heavy atom. The number of morpholine rings is 1. The van der Waals surface area contributed by atoms with Crippen LogP contribution in [0.3, 0.4) is 0 Å². The fourth-order valence-corrected chi connectivity index (χ4v) is 3.88. The lowest BCUT2D eigenvalue weighted by Crippen LogP contribution is -2.48. The second-order valence-electron chi connectivity index (χ2n) is 7.78. The quantitative estimate of drug-likeness (QED) is 0.333. The summed E-state index contributed by atoms with van der Waals surface area (Å²) in [6.45, 7) is 8.46. The lowest BCUT2D eigenvalue weighted by molar-refractivity contribution is -0.114. The average Bonchev–Trinajstić information content (AvgIpc) is 2.74. The zero-order valence-electron chi connectivity index (χ0n) is 19.4. The van der Waals surface area contributed by atoms with Crippen molar-refractivity contribution < 1.29 is 14.3 Å². The molecule has 174 valence electrons. The highest BCUT2D eigenvalue weighted by atomic mass is 127. The molecule has 0 radical (unpaired) electrons. The third-order valence-corrected chi connectivity index (χ3v) is 5.38. The SMILES string of the molecule is CN=C(NCc1ccc(OC)c(NC(C)=O)c1)N1CCOC(c2ccc(C)cc2C)C1.I. The first-order chi connectivity index (χ1) is 14.9. The molecular weight excluding hydrogens is 519 g/mol. The Morgan fingerprint density at radius 3 is 2.69 bits per heavy atom. The topological polar surface area (TPSA) is 75.2 Å². The lowest BCUT2D eigenvalue weighted by atomic mass is 10.00. The molecule has 8 heteroatoms. The number of carbonyl (C=O) groups is 1. The number of aliphatic imine (C=N–C) groups is 1. The van der Waals surface area contributed by atoms with Gasteiger partial charge < -0.3 is 25.0 Å². The van der Waals surface area contributed by atoms with Gasteiger partial charge in [0.1, 0.15) is 11.9 Å². The van der Waals surface area contributed by atoms with Crippen LogP contribution in [0.15, 0.2) is 41.4 Å². The number of nitrogens with one attached hydrogen (secondary N) is 2. The van der Waals surface area contributed by atoms with Crippen molar-refractivity contribution in [3.8, 4) is 5.75 Å². The van der Waals surface area contributed by atoms with Gasteiger partial charge in [0.25, 0.3) is 0 Å². The maximum absolute atomic E-state index is 11.5. The summed E-state index contributed by atoms with van der Waals surface area (Å²) in [5.74, 6) is 1.33. The summed E-state index contributed by atoms with van der Waals surface area (Å²) >= 11 is 0. The minimum Gasteiger partial charge on any atom is -0.495 e. The van der Waals surface area contributed by atoms with Crippen LogP contribution < -0.4 is 15.4 Å². The molecule has 1 heterocycles. The third kappa shape index (κ3) is 6.59. The van der Waals surface area contributed by atoms with E-state index >= 15 is 0 Å². The van der Waals surface area contributed by atoms with E-state index in [1.807, 2.05) is 18.2 Å². The van der Waals surface area contributed by atoms with Gasteiger partial charge in [-0.15, -0.1) is 24.0 Å². The van der Waals surface area contributed by atoms with Gasteiger partial charge in [0.2, 0.25) is 5.91 Å². The van der Waals surface area contributed by atoms with Crippen molar-refractivity contribution in [2.75, 3.05) is 39.2 Å². The molecule has 32 heavy (non-hydrogen) atoms. The minimum atomic E-state index is -0.134. The van der Waals surface area contributed by atoms with Gasteiger partial charge in [0.05, 0.1) is 25.9 Å². The Balaban J connectivity index is 0.00000363. The molecule has 1 fully saturated rings. The summed E-state index contributed by atoms with van der Waals surface area (Å²) in [7, 11) is 3.38. The predicted molar refractivity (Wildman–Crippen MR) is 139 cm³/mol. The van der Waals surface area contributed by atoms with Gasteiger partial charge in [0, 0.05) is 27.1 Å². The van der Waals surface area contributed by atoms with E-state index in [0.717, 1.165) is 24.6 Å². The van der Waals surface area contributed by atoms with E-state index in [0.29, 0.717) is 24.6 Å². The van der Waals surface area contributed by atoms with E-state index in [9.17, 15) is 4.79 Å². The molecule has 2 N–H and O–H groups in total. The van der Waals surface area contributed by atoms with Crippen molar-refractivity contribution in [2.45, 2.75) is 33.4 Å². The summed E-state index contributed by atoms with van der Waals surface area (Å²) in [5.41, 5.74) is 5.40. The van der Waals surface area contributed by atoms with Crippen LogP contribution >= 0.6 is 24.0 Å². The van der Waals surface area contributed by atoms with Crippen LogP contribution in [-0.2, 0) is 16.1 Å². The van der Waals surface area contributed by atoms with Crippen molar-refractivity contribution in [1.29, 1.82) is 0 Å². The maximum atomic E-state index is 11.5. The molecule has 1 aliphatic heterocycles. The second kappa shape index (κ2) is 12.1. The summed E-state index contributed by atoms with van der Waals surface area (Å²) in [6.07, 6.45) is 0.0141. The van der Waals surface area contributed by atoms with Crippen LogP contribution in [0, 0.1) is 13.8 Å². The van der Waals surface area contributed by atoms with Gasteiger partial charge in [-0.25, -0.2) is 0 Å². The van der Waals surface area contributed by atoms with Gasteiger partial charge in [-0.1, -0.05) is 29.8 Å². The van der Waals surface area contributed by atoms with Crippen molar-refractivity contribution >= 4 is 41.5 Å².